The van der Waals surface area contributed by atoms with Gasteiger partial charge >= 0.3 is 17.9 Å². The molecule has 0 aromatic carbocycles. The number of carbonyl (C=O) groups excluding carboxylic acids is 3. The molecule has 20 nitrogen and oxygen atoms in total. The fourth-order valence-corrected chi connectivity index (χ4v) is 4.38. The van der Waals surface area contributed by atoms with Gasteiger partial charge in [0, 0.05) is 38.1 Å². The van der Waals surface area contributed by atoms with Crippen LogP contribution in [-0.4, -0.2) is 72.2 Å². The highest BCUT2D eigenvalue weighted by atomic mass is 16.6. The fourth-order valence-electron chi connectivity index (χ4n) is 4.38. The molecule has 7 heterocycles. The Kier molecular flexibility index (Phi) is 13.3. The van der Waals surface area contributed by atoms with Crippen LogP contribution < -0.4 is 32.8 Å². The van der Waals surface area contributed by atoms with Gasteiger partial charge in [-0.2, -0.15) is 20.4 Å². The van der Waals surface area contributed by atoms with Crippen LogP contribution in [0, 0.1) is 0 Å². The first-order valence-corrected chi connectivity index (χ1v) is 16.3. The summed E-state index contributed by atoms with van der Waals surface area (Å²) < 4.78 is 4.21. The van der Waals surface area contributed by atoms with Crippen LogP contribution in [0.4, 0.5) is 11.4 Å². The number of aromatic nitrogens is 4. The Balaban J connectivity index is 0.000000179. The number of nitrogens with one attached hydrogen (secondary N) is 5. The summed E-state index contributed by atoms with van der Waals surface area (Å²) in [6, 6.07) is 17.9. The largest absolute Gasteiger partial charge is 0.481 e. The molecule has 1 saturated heterocycles. The number of ether oxygens (including phenoxy) is 1. The number of esters is 2. The molecular weight excluding hydrogens is 700 g/mol. The minimum atomic E-state index is -0.919. The second-order valence-electron chi connectivity index (χ2n) is 11.1. The third kappa shape index (κ3) is 11.7. The lowest BCUT2D eigenvalue weighted by Gasteiger charge is -2.14. The molecule has 0 atom stereocenters. The van der Waals surface area contributed by atoms with E-state index in [2.05, 4.69) is 72.1 Å². The summed E-state index contributed by atoms with van der Waals surface area (Å²) in [5.74, 6) is 0.0443. The van der Waals surface area contributed by atoms with Crippen LogP contribution in [0.15, 0.2) is 106 Å². The van der Waals surface area contributed by atoms with Gasteiger partial charge in [-0.25, -0.2) is 0 Å². The highest BCUT2D eigenvalue weighted by Gasteiger charge is 2.17. The molecule has 1 fully saturated rings. The van der Waals surface area contributed by atoms with Gasteiger partial charge in [-0.05, 0) is 61.4 Å². The molecule has 4 aromatic heterocycles. The number of hydrogen-bond acceptors (Lipinski definition) is 18. The molecule has 1 amide bonds. The Bertz CT molecular complexity index is 2040. The van der Waals surface area contributed by atoms with Crippen molar-refractivity contribution in [2.24, 2.45) is 20.4 Å². The number of nitrogens with zero attached hydrogens (tertiary/aromatic N) is 8. The summed E-state index contributed by atoms with van der Waals surface area (Å²) in [5, 5.41) is 27.9. The topological polar surface area (TPSA) is 285 Å². The smallest absolute Gasteiger partial charge is 0.313 e. The number of nitrogen functional groups attached to an aromatic ring is 1. The molecule has 8 N–H and O–H groups in total. The van der Waals surface area contributed by atoms with Crippen LogP contribution in [-0.2, 0) is 23.9 Å². The van der Waals surface area contributed by atoms with Crippen LogP contribution in [0.25, 0.3) is 0 Å². The maximum Gasteiger partial charge on any atom is 0.313 e. The van der Waals surface area contributed by atoms with Crippen molar-refractivity contribution >= 4 is 58.5 Å². The number of anilines is 2. The van der Waals surface area contributed by atoms with E-state index in [0.29, 0.717) is 76.8 Å². The van der Waals surface area contributed by atoms with Crippen molar-refractivity contribution in [3.05, 3.63) is 108 Å². The zero-order valence-corrected chi connectivity index (χ0v) is 28.5. The van der Waals surface area contributed by atoms with Gasteiger partial charge in [0.15, 0.2) is 23.3 Å². The molecule has 54 heavy (non-hydrogen) atoms. The highest BCUT2D eigenvalue weighted by molar-refractivity contribution is 6.05. The van der Waals surface area contributed by atoms with Gasteiger partial charge in [0.2, 0.25) is 5.91 Å². The monoisotopic (exact) mass is 734 g/mol. The molecule has 20 heteroatoms. The van der Waals surface area contributed by atoms with E-state index in [-0.39, 0.29) is 37.1 Å². The first-order valence-electron chi connectivity index (χ1n) is 16.3. The zero-order chi connectivity index (χ0) is 38.1. The lowest BCUT2D eigenvalue weighted by molar-refractivity contribution is -0.163. The second-order valence-corrected chi connectivity index (χ2v) is 11.1. The van der Waals surface area contributed by atoms with Crippen molar-refractivity contribution in [2.45, 2.75) is 38.5 Å². The van der Waals surface area contributed by atoms with Crippen molar-refractivity contribution in [2.75, 3.05) is 11.1 Å². The number of carbonyl (C=O) groups is 4. The fraction of sp³-hybridized carbons (Fsp3) is 0.176. The van der Waals surface area contributed by atoms with Crippen molar-refractivity contribution < 1.29 is 29.0 Å². The predicted molar refractivity (Wildman–Crippen MR) is 195 cm³/mol. The van der Waals surface area contributed by atoms with E-state index in [4.69, 9.17) is 10.8 Å². The molecule has 0 saturated carbocycles. The molecule has 0 bridgehead atoms. The van der Waals surface area contributed by atoms with Crippen molar-refractivity contribution in [1.82, 2.24) is 41.6 Å². The minimum Gasteiger partial charge on any atom is -0.481 e. The quantitative estimate of drug-likeness (QED) is 0.0945. The number of hydrazone groups is 4. The van der Waals surface area contributed by atoms with Crippen LogP contribution in [0.5, 0.6) is 0 Å². The molecule has 0 radical (unpaired) electrons. The normalized spacial score (nSPS) is 14.4. The van der Waals surface area contributed by atoms with Crippen LogP contribution in [0.3, 0.4) is 0 Å². The average Bonchev–Trinajstić information content (AvgIpc) is 3.20. The number of aliphatic carboxylic acids is 1. The Hall–Kier alpha value is -7.64. The summed E-state index contributed by atoms with van der Waals surface area (Å²) in [7, 11) is 0. The summed E-state index contributed by atoms with van der Waals surface area (Å²) >= 11 is 0. The predicted octanol–water partition coefficient (Wildman–Crippen LogP) is 1.40. The zero-order valence-electron chi connectivity index (χ0n) is 28.5. The molecule has 276 valence electrons. The molecular formula is C34H34N14O6. The Labute approximate surface area is 307 Å². The van der Waals surface area contributed by atoms with Crippen molar-refractivity contribution in [1.29, 1.82) is 0 Å². The van der Waals surface area contributed by atoms with E-state index in [0.717, 1.165) is 0 Å². The molecule has 7 rings (SSSR count). The lowest BCUT2D eigenvalue weighted by Crippen LogP contribution is -2.35. The molecule has 0 aliphatic carbocycles. The number of hydrogen-bond donors (Lipinski definition) is 7. The van der Waals surface area contributed by atoms with Gasteiger partial charge in [0.25, 0.3) is 0 Å². The van der Waals surface area contributed by atoms with Gasteiger partial charge in [0.05, 0.1) is 23.8 Å². The van der Waals surface area contributed by atoms with Crippen LogP contribution in [0.1, 0.15) is 61.3 Å². The molecule has 3 aliphatic rings. The standard InChI is InChI=1S/C17H17N7O3.C12H11N7.C5H6O3/c25-14(5-3-6-15(26)27)20-11-7-8-13(19-10-11)17-23-21-16(22-24-17)12-4-1-2-9-18-12;13-8-4-5-10(15-7-8)12-18-16-11(17-19-12)9-3-1-2-6-14-9;6-4-2-1-3-5(7)8-4/h1-2,4,7-10H,3,5-6H2,(H,20,25)(H,21,22)(H,23,24)(H,26,27);1-7H,13H2,(H,16,17)(H,18,19);1-3H2. The van der Waals surface area contributed by atoms with E-state index < -0.39 is 5.97 Å². The maximum atomic E-state index is 11.7. The summed E-state index contributed by atoms with van der Waals surface area (Å²) in [6.45, 7) is 0. The summed E-state index contributed by atoms with van der Waals surface area (Å²) in [6.07, 6.45) is 8.24. The van der Waals surface area contributed by atoms with E-state index in [1.54, 1.807) is 48.9 Å². The van der Waals surface area contributed by atoms with Crippen molar-refractivity contribution in [3.63, 3.8) is 0 Å². The van der Waals surface area contributed by atoms with Gasteiger partial charge < -0.3 is 20.9 Å². The Morgan fingerprint density at radius 1 is 0.667 bits per heavy atom. The van der Waals surface area contributed by atoms with Crippen molar-refractivity contribution in [3.8, 4) is 0 Å². The number of nitrogens with two attached hydrogens (primary N) is 1. The highest BCUT2D eigenvalue weighted by Crippen LogP contribution is 2.10. The van der Waals surface area contributed by atoms with Crippen LogP contribution >= 0.6 is 0 Å². The van der Waals surface area contributed by atoms with Gasteiger partial charge in [-0.1, -0.05) is 12.1 Å². The number of pyridine rings is 4. The third-order valence-electron chi connectivity index (χ3n) is 7.01. The van der Waals surface area contributed by atoms with Gasteiger partial charge in [-0.15, -0.1) is 0 Å². The molecule has 4 aromatic rings. The average molecular weight is 735 g/mol. The number of cyclic esters (lactones) is 2. The lowest BCUT2D eigenvalue weighted by atomic mass is 10.2. The van der Waals surface area contributed by atoms with E-state index in [1.807, 2.05) is 30.3 Å². The molecule has 0 spiro atoms. The van der Waals surface area contributed by atoms with E-state index in [1.165, 1.54) is 6.20 Å². The first-order chi connectivity index (χ1) is 26.2. The van der Waals surface area contributed by atoms with Gasteiger partial charge in [-0.3, -0.25) is 60.8 Å². The third-order valence-corrected chi connectivity index (χ3v) is 7.01. The summed E-state index contributed by atoms with van der Waals surface area (Å²) in [5.41, 5.74) is 20.6. The van der Waals surface area contributed by atoms with Gasteiger partial charge in [0.1, 0.15) is 22.8 Å². The number of amides is 1. The maximum absolute atomic E-state index is 11.7. The van der Waals surface area contributed by atoms with E-state index >= 15 is 0 Å². The molecule has 3 aliphatic heterocycles. The van der Waals surface area contributed by atoms with E-state index in [9.17, 15) is 19.2 Å². The minimum absolute atomic E-state index is 0.0376. The number of carboxylic acid groups (broad SMARTS) is 1. The second kappa shape index (κ2) is 19.1. The number of rotatable bonds is 9. The SMILES string of the molecule is Nc1ccc(C2=NNC(c3ccccn3)=NN2)nc1.O=C(O)CCCC(=O)Nc1ccc(C2=NNC(c3ccccn3)=NN2)nc1.O=C1CCCC(=O)O1. The Morgan fingerprint density at radius 3 is 1.54 bits per heavy atom. The number of amidine groups is 4. The Morgan fingerprint density at radius 2 is 1.17 bits per heavy atom. The van der Waals surface area contributed by atoms with Crippen LogP contribution in [0.2, 0.25) is 0 Å². The first kappa shape index (κ1) is 37.6. The molecule has 0 unspecified atom stereocenters. The summed E-state index contributed by atoms with van der Waals surface area (Å²) in [4.78, 5) is 59.4. The number of carboxylic acids is 1.